The minimum atomic E-state index is -2.43. The van der Waals surface area contributed by atoms with E-state index in [1.807, 2.05) is 60.5 Å². The number of azide groups is 1. The lowest BCUT2D eigenvalue weighted by Crippen LogP contribution is -2.59. The van der Waals surface area contributed by atoms with Gasteiger partial charge in [0.05, 0.1) is 55.1 Å². The normalized spacial score (nSPS) is 18.1. The number of rotatable bonds is 39. The zero-order valence-electron chi connectivity index (χ0n) is 62.2. The van der Waals surface area contributed by atoms with Gasteiger partial charge < -0.3 is 71.9 Å². The van der Waals surface area contributed by atoms with Gasteiger partial charge >= 0.3 is 12.0 Å². The van der Waals surface area contributed by atoms with Crippen LogP contribution in [-0.2, 0) is 64.0 Å². The van der Waals surface area contributed by atoms with Gasteiger partial charge in [0.25, 0.3) is 0 Å². The van der Waals surface area contributed by atoms with Crippen LogP contribution in [0.15, 0.2) is 29.4 Å². The number of nitrogens with two attached hydrogens (primary N) is 1. The molecule has 0 bridgehead atoms. The smallest absolute Gasteiger partial charge is 0.314 e. The van der Waals surface area contributed by atoms with Crippen LogP contribution in [0.2, 0.25) is 0 Å². The highest BCUT2D eigenvalue weighted by Crippen LogP contribution is 2.34. The first-order valence-corrected chi connectivity index (χ1v) is 35.2. The number of piperidine rings is 1. The number of carbonyl (C=O) groups excluding carboxylic acids is 11. The van der Waals surface area contributed by atoms with Crippen LogP contribution in [0.3, 0.4) is 0 Å². The molecule has 4 rings (SSSR count). The van der Waals surface area contributed by atoms with E-state index in [4.69, 9.17) is 15.2 Å². The monoisotopic (exact) mass is 1480 g/mol. The topological polar surface area (TPSA) is 387 Å². The van der Waals surface area contributed by atoms with Gasteiger partial charge in [-0.15, -0.1) is 0 Å². The first-order valence-electron chi connectivity index (χ1n) is 35.2. The number of amides is 11. The van der Waals surface area contributed by atoms with Crippen molar-refractivity contribution in [3.8, 4) is 5.75 Å². The van der Waals surface area contributed by atoms with E-state index >= 15 is 0 Å². The summed E-state index contributed by atoms with van der Waals surface area (Å²) in [5.74, 6) is -22.6. The number of ether oxygens (including phenoxy) is 3. The van der Waals surface area contributed by atoms with Gasteiger partial charge in [-0.25, -0.2) is 18.0 Å². The molecule has 13 atom stereocenters. The zero-order chi connectivity index (χ0) is 78.1. The molecule has 34 heteroatoms. The summed E-state index contributed by atoms with van der Waals surface area (Å²) < 4.78 is 86.1. The lowest BCUT2D eigenvalue weighted by molar-refractivity contribution is -0.148. The Kier molecular flexibility index (Phi) is 35.1. The lowest BCUT2D eigenvalue weighted by Gasteiger charge is -2.41. The maximum atomic E-state index is 14.5. The van der Waals surface area contributed by atoms with Crippen molar-refractivity contribution in [1.82, 2.24) is 51.5 Å². The Labute approximate surface area is 604 Å². The van der Waals surface area contributed by atoms with Crippen molar-refractivity contribution in [2.24, 2.45) is 46.4 Å². The van der Waals surface area contributed by atoms with E-state index in [1.165, 1.54) is 31.3 Å². The zero-order valence-corrected chi connectivity index (χ0v) is 62.2. The SMILES string of the molecule is CC[C@H](C)[C@@H]([C@@H](CC(=O)N1CCC[C@H]1[C@H](OC)[C@@H](C)C(=O)N[C@@H](CN=[N+]=[N-])C(=O)NCc1ccc(NC(=O)[C@H](CCCCNC(N)=O)NC(=O)[C@@H](NC(=O)CCC(=O)N2CCC(C(=O)Oc3c(F)c(F)c(F)c(F)c3F)CC2C)C(C)C)cc1)OC)N(C)C(=O)[C@@H](NC(=O)[C@H](C(C)C)N(C)C)C(C)C. The standard InChI is InChI=1S/C70H106F5N15O14/c1-16-39(8)60(88(13)68(99)58(37(4)5)85-67(98)59(38(6)7)87(11)12)48(102-14)33-51(93)90-30-19-21-47(90)61(103-15)41(10)63(94)83-46(35-80-86-77)64(95)79-34-42-22-24-44(25-23-42)81-65(96)45(20-17-18-29-78-70(76)101)82-66(97)57(36(2)3)84-49(91)26-27-50(92)89-31-28-43(32-40(89)9)69(100)104-62-55(74)53(72)52(71)54(73)56(62)75/h22-25,36-41,43,45-48,57-61H,16-21,26-35H2,1-15H3,(H,79,95)(H,81,96)(H,82,97)(H,83,94)(H,84,91)(H,85,98)(H3,76,78,101)/t39-,40?,41+,43?,45-,46-,47-,48+,57-,58-,59-,60-,61+/m0/s1. The molecular formula is C70H106F5N15O14. The number of halogens is 5. The Morgan fingerprint density at radius 1 is 0.692 bits per heavy atom. The summed E-state index contributed by atoms with van der Waals surface area (Å²) in [4.78, 5) is 159. The molecule has 0 radical (unpaired) electrons. The van der Waals surface area contributed by atoms with Gasteiger partial charge in [0, 0.05) is 76.9 Å². The first-order chi connectivity index (χ1) is 49.0. The van der Waals surface area contributed by atoms with Crippen LogP contribution in [0.5, 0.6) is 5.75 Å². The molecule has 29 nitrogen and oxygen atoms in total. The van der Waals surface area contributed by atoms with E-state index in [0.29, 0.717) is 44.2 Å². The van der Waals surface area contributed by atoms with Gasteiger partial charge in [0.15, 0.2) is 0 Å². The van der Waals surface area contributed by atoms with Crippen molar-refractivity contribution in [3.63, 3.8) is 0 Å². The van der Waals surface area contributed by atoms with Gasteiger partial charge in [-0.2, -0.15) is 8.78 Å². The summed E-state index contributed by atoms with van der Waals surface area (Å²) in [5, 5.41) is 22.5. The number of nitrogens with zero attached hydrogens (tertiary/aromatic N) is 7. The van der Waals surface area contributed by atoms with Gasteiger partial charge in [-0.05, 0) is 113 Å². The fraction of sp³-hybridized carbons (Fsp3) is 0.671. The van der Waals surface area contributed by atoms with Gasteiger partial charge in [0.1, 0.15) is 24.2 Å². The molecule has 0 aliphatic carbocycles. The summed E-state index contributed by atoms with van der Waals surface area (Å²) in [7, 11) is 8.18. The number of anilines is 1. The minimum Gasteiger partial charge on any atom is -0.420 e. The average Bonchev–Trinajstić information content (AvgIpc) is 0.920. The molecule has 2 fully saturated rings. The molecule has 0 aromatic heterocycles. The summed E-state index contributed by atoms with van der Waals surface area (Å²) in [5.41, 5.74) is 15.3. The van der Waals surface area contributed by atoms with Crippen molar-refractivity contribution in [2.45, 2.75) is 207 Å². The second kappa shape index (κ2) is 41.7. The van der Waals surface area contributed by atoms with E-state index in [2.05, 4.69) is 52.0 Å². The summed E-state index contributed by atoms with van der Waals surface area (Å²) in [6.07, 6.45) is -0.353. The third-order valence-corrected chi connectivity index (χ3v) is 19.2. The van der Waals surface area contributed by atoms with E-state index in [9.17, 15) is 80.2 Å². The minimum absolute atomic E-state index is 0.0331. The number of urea groups is 1. The molecule has 11 amide bonds. The van der Waals surface area contributed by atoms with Crippen molar-refractivity contribution in [3.05, 3.63) is 69.4 Å². The Morgan fingerprint density at radius 3 is 1.86 bits per heavy atom. The van der Waals surface area contributed by atoms with E-state index < -0.39 is 174 Å². The number of nitrogens with one attached hydrogen (secondary N) is 7. The number of unbranched alkanes of at least 4 members (excludes halogenated alkanes) is 1. The first kappa shape index (κ1) is 87.7. The number of hydrogen-bond donors (Lipinski definition) is 8. The molecule has 2 aromatic carbocycles. The summed E-state index contributed by atoms with van der Waals surface area (Å²) >= 11 is 0. The van der Waals surface area contributed by atoms with Crippen LogP contribution in [0.25, 0.3) is 10.4 Å². The van der Waals surface area contributed by atoms with E-state index in [0.717, 1.165) is 0 Å². The molecule has 2 aliphatic heterocycles. The molecule has 0 spiro atoms. The highest BCUT2D eigenvalue weighted by atomic mass is 19.2. The van der Waals surface area contributed by atoms with Crippen LogP contribution < -0.4 is 47.7 Å². The molecule has 0 saturated carbocycles. The highest BCUT2D eigenvalue weighted by molar-refractivity contribution is 5.99. The lowest BCUT2D eigenvalue weighted by atomic mass is 9.89. The van der Waals surface area contributed by atoms with Crippen LogP contribution >= 0.6 is 0 Å². The molecule has 2 heterocycles. The second-order valence-corrected chi connectivity index (χ2v) is 28.0. The number of primary amides is 1. The maximum absolute atomic E-state index is 14.5. The summed E-state index contributed by atoms with van der Waals surface area (Å²) in [6, 6.07) is -1.53. The number of hydrogen-bond acceptors (Lipinski definition) is 16. The Bertz CT molecular complexity index is 3330. The van der Waals surface area contributed by atoms with Gasteiger partial charge in [-0.1, -0.05) is 86.0 Å². The maximum Gasteiger partial charge on any atom is 0.314 e. The van der Waals surface area contributed by atoms with Crippen LogP contribution in [0, 0.1) is 64.6 Å². The van der Waals surface area contributed by atoms with Crippen LogP contribution in [0.1, 0.15) is 145 Å². The predicted octanol–water partition coefficient (Wildman–Crippen LogP) is 5.86. The number of carbonyl (C=O) groups is 11. The van der Waals surface area contributed by atoms with Crippen molar-refractivity contribution in [1.29, 1.82) is 0 Å². The van der Waals surface area contributed by atoms with Gasteiger partial charge in [0.2, 0.25) is 88.0 Å². The molecular weight excluding hydrogens is 1370 g/mol. The number of likely N-dealkylation sites (tertiary alicyclic amines) is 2. The summed E-state index contributed by atoms with van der Waals surface area (Å²) in [6.45, 7) is 17.8. The predicted molar refractivity (Wildman–Crippen MR) is 373 cm³/mol. The molecule has 9 N–H and O–H groups in total. The van der Waals surface area contributed by atoms with Crippen LogP contribution in [0.4, 0.5) is 32.4 Å². The Balaban J connectivity index is 1.38. The Morgan fingerprint density at radius 2 is 1.31 bits per heavy atom. The quantitative estimate of drug-likeness (QED) is 0.00447. The number of esters is 1. The van der Waals surface area contributed by atoms with E-state index in [1.54, 1.807) is 56.7 Å². The molecule has 104 heavy (non-hydrogen) atoms. The molecule has 2 aliphatic rings. The largest absolute Gasteiger partial charge is 0.420 e. The average molecular weight is 1480 g/mol. The highest BCUT2D eigenvalue weighted by Gasteiger charge is 2.45. The fourth-order valence-corrected chi connectivity index (χ4v) is 13.2. The molecule has 2 aromatic rings. The van der Waals surface area contributed by atoms with E-state index in [-0.39, 0.29) is 92.9 Å². The third-order valence-electron chi connectivity index (χ3n) is 19.2. The van der Waals surface area contributed by atoms with Crippen molar-refractivity contribution in [2.75, 3.05) is 66.9 Å². The number of likely N-dealkylation sites (N-methyl/N-ethyl adjacent to an activating group) is 2. The van der Waals surface area contributed by atoms with Crippen molar-refractivity contribution >= 4 is 70.9 Å². The molecule has 2 saturated heterocycles. The fourth-order valence-electron chi connectivity index (χ4n) is 13.2. The Hall–Kier alpha value is -8.75. The van der Waals surface area contributed by atoms with Crippen LogP contribution in [-0.4, -0.2) is 207 Å². The third kappa shape index (κ3) is 24.4. The number of benzene rings is 2. The second-order valence-electron chi connectivity index (χ2n) is 28.0. The van der Waals surface area contributed by atoms with Gasteiger partial charge in [-0.3, -0.25) is 52.8 Å². The van der Waals surface area contributed by atoms with Crippen molar-refractivity contribution < 1.29 is 88.9 Å². The number of methoxy groups -OCH3 is 2. The molecule has 580 valence electrons. The molecule has 2 unspecified atom stereocenters.